The number of carbonyl (C=O) groups is 1. The molecule has 7 heteroatoms. The number of nitrogens with zero attached hydrogens (tertiary/aromatic N) is 2. The molecule has 1 aromatic heterocycles. The zero-order chi connectivity index (χ0) is 17.4. The summed E-state index contributed by atoms with van der Waals surface area (Å²) in [6.45, 7) is 0. The maximum atomic E-state index is 12.9. The molecule has 132 valence electrons. The molecule has 0 aliphatic heterocycles. The lowest BCUT2D eigenvalue weighted by molar-refractivity contribution is -0.161. The lowest BCUT2D eigenvalue weighted by atomic mass is 9.49. The van der Waals surface area contributed by atoms with Gasteiger partial charge in [0.25, 0.3) is 0 Å². The molecule has 0 spiro atoms. The highest BCUT2D eigenvalue weighted by atomic mass is 32.1. The number of thiocarbonyl (C=S) groups is 1. The quantitative estimate of drug-likeness (QED) is 0.372. The Hall–Kier alpha value is -2.02. The van der Waals surface area contributed by atoms with Crippen LogP contribution in [0.2, 0.25) is 0 Å². The van der Waals surface area contributed by atoms with E-state index in [-0.39, 0.29) is 16.5 Å². The minimum Gasteiger partial charge on any atom is -0.424 e. The first-order valence-electron chi connectivity index (χ1n) is 8.79. The van der Waals surface area contributed by atoms with E-state index >= 15 is 0 Å². The molecule has 3 N–H and O–H groups in total. The fourth-order valence-corrected chi connectivity index (χ4v) is 5.32. The van der Waals surface area contributed by atoms with Crippen LogP contribution in [0, 0.1) is 23.2 Å². The van der Waals surface area contributed by atoms with Gasteiger partial charge in [-0.3, -0.25) is 15.2 Å². The van der Waals surface area contributed by atoms with E-state index in [0.29, 0.717) is 11.4 Å². The summed E-state index contributed by atoms with van der Waals surface area (Å²) in [6.07, 6.45) is 9.99. The van der Waals surface area contributed by atoms with Gasteiger partial charge in [-0.25, -0.2) is 0 Å². The minimum absolute atomic E-state index is 0.0648. The van der Waals surface area contributed by atoms with Crippen molar-refractivity contribution in [2.24, 2.45) is 34.0 Å². The topological polar surface area (TPSA) is 89.6 Å². The van der Waals surface area contributed by atoms with Crippen molar-refractivity contribution in [1.82, 2.24) is 10.4 Å². The van der Waals surface area contributed by atoms with Crippen LogP contribution in [0.5, 0.6) is 5.75 Å². The van der Waals surface area contributed by atoms with Crippen LogP contribution in [-0.4, -0.2) is 22.3 Å². The molecule has 5 rings (SSSR count). The molecule has 4 fully saturated rings. The third-order valence-corrected chi connectivity index (χ3v) is 5.90. The SMILES string of the molecule is NC(=S)N/N=C/c1ccc(OC(=O)C23CC4CC(CC(C4)C2)C3)cn1. The van der Waals surface area contributed by atoms with Crippen molar-refractivity contribution in [2.75, 3.05) is 0 Å². The van der Waals surface area contributed by atoms with Gasteiger partial charge >= 0.3 is 5.97 Å². The fourth-order valence-electron chi connectivity index (χ4n) is 5.27. The normalized spacial score (nSPS) is 32.7. The Kier molecular flexibility index (Phi) is 4.19. The summed E-state index contributed by atoms with van der Waals surface area (Å²) >= 11 is 4.66. The lowest BCUT2D eigenvalue weighted by Gasteiger charge is -2.55. The second-order valence-corrected chi connectivity index (χ2v) is 8.18. The van der Waals surface area contributed by atoms with E-state index in [2.05, 4.69) is 27.7 Å². The van der Waals surface area contributed by atoms with E-state index in [4.69, 9.17) is 10.5 Å². The van der Waals surface area contributed by atoms with Gasteiger partial charge < -0.3 is 10.5 Å². The van der Waals surface area contributed by atoms with E-state index in [0.717, 1.165) is 37.0 Å². The van der Waals surface area contributed by atoms with Crippen LogP contribution < -0.4 is 15.9 Å². The third-order valence-electron chi connectivity index (χ3n) is 5.81. The largest absolute Gasteiger partial charge is 0.424 e. The summed E-state index contributed by atoms with van der Waals surface area (Å²) < 4.78 is 5.69. The molecular formula is C18H22N4O2S. The summed E-state index contributed by atoms with van der Waals surface area (Å²) in [6, 6.07) is 3.49. The smallest absolute Gasteiger partial charge is 0.317 e. The molecule has 4 saturated carbocycles. The van der Waals surface area contributed by atoms with Gasteiger partial charge in [0.15, 0.2) is 5.11 Å². The number of pyridine rings is 1. The van der Waals surface area contributed by atoms with Crippen LogP contribution in [0.1, 0.15) is 44.2 Å². The molecule has 4 aliphatic carbocycles. The van der Waals surface area contributed by atoms with Crippen molar-refractivity contribution in [3.63, 3.8) is 0 Å². The third kappa shape index (κ3) is 3.38. The minimum atomic E-state index is -0.254. The number of ether oxygens (including phenoxy) is 1. The number of aromatic nitrogens is 1. The van der Waals surface area contributed by atoms with E-state index in [9.17, 15) is 4.79 Å². The van der Waals surface area contributed by atoms with Crippen molar-refractivity contribution in [3.05, 3.63) is 24.0 Å². The number of nitrogens with two attached hydrogens (primary N) is 1. The molecule has 4 bridgehead atoms. The summed E-state index contributed by atoms with van der Waals surface area (Å²) in [5.74, 6) is 2.58. The van der Waals surface area contributed by atoms with Crippen LogP contribution in [0.4, 0.5) is 0 Å². The maximum absolute atomic E-state index is 12.9. The first-order valence-corrected chi connectivity index (χ1v) is 9.20. The van der Waals surface area contributed by atoms with Gasteiger partial charge in [-0.15, -0.1) is 0 Å². The summed E-state index contributed by atoms with van der Waals surface area (Å²) in [4.78, 5) is 17.1. The van der Waals surface area contributed by atoms with Gasteiger partial charge in [0, 0.05) is 0 Å². The number of esters is 1. The highest BCUT2D eigenvalue weighted by Gasteiger charge is 2.55. The molecule has 0 amide bonds. The van der Waals surface area contributed by atoms with Crippen molar-refractivity contribution >= 4 is 29.5 Å². The Morgan fingerprint density at radius 1 is 1.28 bits per heavy atom. The maximum Gasteiger partial charge on any atom is 0.317 e. The molecule has 4 aliphatic rings. The van der Waals surface area contributed by atoms with Crippen molar-refractivity contribution < 1.29 is 9.53 Å². The van der Waals surface area contributed by atoms with Crippen LogP contribution in [0.15, 0.2) is 23.4 Å². The summed E-state index contributed by atoms with van der Waals surface area (Å²) in [5.41, 5.74) is 8.13. The second kappa shape index (κ2) is 6.37. The predicted molar refractivity (Wildman–Crippen MR) is 98.0 cm³/mol. The molecule has 0 unspecified atom stereocenters. The number of hydrogen-bond donors (Lipinski definition) is 2. The van der Waals surface area contributed by atoms with E-state index in [1.807, 2.05) is 0 Å². The molecule has 1 heterocycles. The zero-order valence-corrected chi connectivity index (χ0v) is 14.8. The van der Waals surface area contributed by atoms with Gasteiger partial charge in [-0.1, -0.05) is 0 Å². The van der Waals surface area contributed by atoms with E-state index in [1.54, 1.807) is 18.3 Å². The van der Waals surface area contributed by atoms with Gasteiger partial charge in [0.05, 0.1) is 23.5 Å². The Morgan fingerprint density at radius 3 is 2.44 bits per heavy atom. The number of rotatable bonds is 4. The molecule has 0 atom stereocenters. The highest BCUT2D eigenvalue weighted by molar-refractivity contribution is 7.80. The monoisotopic (exact) mass is 358 g/mol. The summed E-state index contributed by atoms with van der Waals surface area (Å²) in [5, 5.41) is 3.94. The van der Waals surface area contributed by atoms with Gasteiger partial charge in [0.1, 0.15) is 5.75 Å². The number of nitrogens with one attached hydrogen (secondary N) is 1. The van der Waals surface area contributed by atoms with Gasteiger partial charge in [0.2, 0.25) is 0 Å². The van der Waals surface area contributed by atoms with Crippen LogP contribution >= 0.6 is 12.2 Å². The first-order chi connectivity index (χ1) is 12.0. The summed E-state index contributed by atoms with van der Waals surface area (Å²) in [7, 11) is 0. The van der Waals surface area contributed by atoms with Crippen molar-refractivity contribution in [2.45, 2.75) is 38.5 Å². The van der Waals surface area contributed by atoms with Crippen LogP contribution in [0.25, 0.3) is 0 Å². The van der Waals surface area contributed by atoms with Gasteiger partial charge in [-0.2, -0.15) is 5.10 Å². The average Bonchev–Trinajstić information content (AvgIpc) is 2.55. The number of hydrazone groups is 1. The molecule has 0 radical (unpaired) electrons. The molecule has 0 saturated heterocycles. The van der Waals surface area contributed by atoms with E-state index < -0.39 is 0 Å². The first kappa shape index (κ1) is 16.4. The fraction of sp³-hybridized carbons (Fsp3) is 0.556. The Balaban J connectivity index is 1.41. The zero-order valence-electron chi connectivity index (χ0n) is 14.0. The molecule has 6 nitrogen and oxygen atoms in total. The average molecular weight is 358 g/mol. The van der Waals surface area contributed by atoms with Crippen molar-refractivity contribution in [1.29, 1.82) is 0 Å². The number of carbonyl (C=O) groups excluding carboxylic acids is 1. The molecule has 1 aromatic rings. The van der Waals surface area contributed by atoms with Gasteiger partial charge in [-0.05, 0) is 80.6 Å². The molecule has 0 aromatic carbocycles. The Labute approximate surface area is 152 Å². The van der Waals surface area contributed by atoms with Crippen LogP contribution in [-0.2, 0) is 4.79 Å². The Morgan fingerprint density at radius 2 is 1.92 bits per heavy atom. The Bertz CT molecular complexity index is 681. The lowest BCUT2D eigenvalue weighted by Crippen LogP contribution is -2.51. The second-order valence-electron chi connectivity index (χ2n) is 7.74. The predicted octanol–water partition coefficient (Wildman–Crippen LogP) is 2.37. The van der Waals surface area contributed by atoms with Crippen molar-refractivity contribution in [3.8, 4) is 5.75 Å². The molecular weight excluding hydrogens is 336 g/mol. The number of hydrogen-bond acceptors (Lipinski definition) is 5. The van der Waals surface area contributed by atoms with Crippen LogP contribution in [0.3, 0.4) is 0 Å². The standard InChI is InChI=1S/C18H22N4O2S/c19-17(25)22-21-9-14-1-2-15(10-20-14)24-16(23)18-6-11-3-12(7-18)5-13(4-11)8-18/h1-2,9-13H,3-8H2,(H3,19,22,25)/b21-9+. The van der Waals surface area contributed by atoms with E-state index in [1.165, 1.54) is 25.5 Å². The molecule has 25 heavy (non-hydrogen) atoms. The highest BCUT2D eigenvalue weighted by Crippen LogP contribution is 2.60.